The maximum atomic E-state index is 9.23. The van der Waals surface area contributed by atoms with Gasteiger partial charge in [-0.1, -0.05) is 70.4 Å². The van der Waals surface area contributed by atoms with Gasteiger partial charge in [0, 0.05) is 6.61 Å². The second-order valence-electron chi connectivity index (χ2n) is 7.88. The van der Waals surface area contributed by atoms with E-state index in [-0.39, 0.29) is 12.7 Å². The van der Waals surface area contributed by atoms with E-state index in [2.05, 4.69) is 19.1 Å². The molecule has 1 unspecified atom stereocenters. The minimum Gasteiger partial charge on any atom is -0.394 e. The molecule has 1 fully saturated rings. The predicted molar refractivity (Wildman–Crippen MR) is 109 cm³/mol. The molecule has 0 saturated heterocycles. The van der Waals surface area contributed by atoms with Gasteiger partial charge in [0.2, 0.25) is 0 Å². The standard InChI is InChI=1S/C23H44O2/c1-3-5-6-7-8-11-15-21-17-14-18-22(21)16-12-9-10-13-19-23(20-24)25-4-2/h11,15,21-24H,3-10,12-14,16-20H2,1-2H3/b15-11+/t21-,22-,23?/m0/s1. The molecule has 0 aromatic heterocycles. The number of unbranched alkanes of at least 4 members (excludes halogenated alkanes) is 7. The van der Waals surface area contributed by atoms with Crippen LogP contribution < -0.4 is 0 Å². The van der Waals surface area contributed by atoms with E-state index >= 15 is 0 Å². The molecule has 1 aliphatic rings. The molecule has 0 bridgehead atoms. The maximum Gasteiger partial charge on any atom is 0.0805 e. The Labute approximate surface area is 157 Å². The monoisotopic (exact) mass is 352 g/mol. The third-order valence-electron chi connectivity index (χ3n) is 5.78. The lowest BCUT2D eigenvalue weighted by molar-refractivity contribution is 0.0135. The zero-order valence-corrected chi connectivity index (χ0v) is 17.1. The summed E-state index contributed by atoms with van der Waals surface area (Å²) < 4.78 is 5.50. The lowest BCUT2D eigenvalue weighted by Gasteiger charge is -2.16. The number of aliphatic hydroxyl groups excluding tert-OH is 1. The molecule has 0 aliphatic heterocycles. The second-order valence-corrected chi connectivity index (χ2v) is 7.88. The average molecular weight is 353 g/mol. The van der Waals surface area contributed by atoms with Crippen molar-refractivity contribution in [2.75, 3.05) is 13.2 Å². The molecule has 2 nitrogen and oxygen atoms in total. The highest BCUT2D eigenvalue weighted by Gasteiger charge is 2.24. The van der Waals surface area contributed by atoms with Crippen LogP contribution in [0.2, 0.25) is 0 Å². The summed E-state index contributed by atoms with van der Waals surface area (Å²) in [5.74, 6) is 1.81. The minimum atomic E-state index is 0.0617. The zero-order valence-electron chi connectivity index (χ0n) is 17.1. The minimum absolute atomic E-state index is 0.0617. The summed E-state index contributed by atoms with van der Waals surface area (Å²) in [6.45, 7) is 5.16. The fourth-order valence-corrected chi connectivity index (χ4v) is 4.23. The Bertz CT molecular complexity index is 313. The van der Waals surface area contributed by atoms with E-state index in [1.807, 2.05) is 6.92 Å². The number of aliphatic hydroxyl groups is 1. The highest BCUT2D eigenvalue weighted by atomic mass is 16.5. The number of ether oxygens (including phenoxy) is 1. The fraction of sp³-hybridized carbons (Fsp3) is 0.913. The van der Waals surface area contributed by atoms with E-state index in [0.29, 0.717) is 6.61 Å². The van der Waals surface area contributed by atoms with Crippen molar-refractivity contribution in [3.63, 3.8) is 0 Å². The van der Waals surface area contributed by atoms with E-state index in [1.165, 1.54) is 83.5 Å². The van der Waals surface area contributed by atoms with Crippen LogP contribution in [0.4, 0.5) is 0 Å². The Balaban J connectivity index is 2.06. The summed E-state index contributed by atoms with van der Waals surface area (Å²) >= 11 is 0. The van der Waals surface area contributed by atoms with Gasteiger partial charge in [0.1, 0.15) is 0 Å². The Morgan fingerprint density at radius 1 is 1.00 bits per heavy atom. The van der Waals surface area contributed by atoms with E-state index in [4.69, 9.17) is 4.74 Å². The molecule has 1 rings (SSSR count). The summed E-state index contributed by atoms with van der Waals surface area (Å²) in [5.41, 5.74) is 0. The topological polar surface area (TPSA) is 29.5 Å². The first-order valence-corrected chi connectivity index (χ1v) is 11.2. The normalized spacial score (nSPS) is 22.0. The maximum absolute atomic E-state index is 9.23. The predicted octanol–water partition coefficient (Wildman–Crippen LogP) is 6.67. The largest absolute Gasteiger partial charge is 0.394 e. The van der Waals surface area contributed by atoms with Gasteiger partial charge in [-0.05, 0) is 57.3 Å². The smallest absolute Gasteiger partial charge is 0.0805 e. The first-order chi connectivity index (χ1) is 12.3. The third kappa shape index (κ3) is 11.1. The number of hydrogen-bond acceptors (Lipinski definition) is 2. The van der Waals surface area contributed by atoms with Crippen molar-refractivity contribution < 1.29 is 9.84 Å². The molecule has 0 aromatic rings. The Morgan fingerprint density at radius 3 is 2.56 bits per heavy atom. The van der Waals surface area contributed by atoms with Crippen LogP contribution >= 0.6 is 0 Å². The van der Waals surface area contributed by atoms with Crippen LogP contribution in [0.5, 0.6) is 0 Å². The molecule has 0 heterocycles. The third-order valence-corrected chi connectivity index (χ3v) is 5.78. The van der Waals surface area contributed by atoms with Crippen LogP contribution in [0.25, 0.3) is 0 Å². The molecule has 148 valence electrons. The quantitative estimate of drug-likeness (QED) is 0.248. The van der Waals surface area contributed by atoms with Crippen molar-refractivity contribution in [3.05, 3.63) is 12.2 Å². The van der Waals surface area contributed by atoms with Crippen LogP contribution in [0.3, 0.4) is 0 Å². The first kappa shape index (κ1) is 22.7. The lowest BCUT2D eigenvalue weighted by Crippen LogP contribution is -2.17. The highest BCUT2D eigenvalue weighted by Crippen LogP contribution is 2.36. The van der Waals surface area contributed by atoms with Gasteiger partial charge in [-0.3, -0.25) is 0 Å². The van der Waals surface area contributed by atoms with Crippen LogP contribution in [0, 0.1) is 11.8 Å². The van der Waals surface area contributed by atoms with Crippen LogP contribution in [-0.4, -0.2) is 24.4 Å². The summed E-state index contributed by atoms with van der Waals surface area (Å²) in [5, 5.41) is 9.23. The van der Waals surface area contributed by atoms with Gasteiger partial charge in [-0.2, -0.15) is 0 Å². The van der Waals surface area contributed by atoms with Crippen LogP contribution in [0.15, 0.2) is 12.2 Å². The van der Waals surface area contributed by atoms with Crippen molar-refractivity contribution >= 4 is 0 Å². The van der Waals surface area contributed by atoms with Crippen molar-refractivity contribution in [2.24, 2.45) is 11.8 Å². The Hall–Kier alpha value is -0.340. The molecule has 0 aromatic carbocycles. The molecule has 0 spiro atoms. The first-order valence-electron chi connectivity index (χ1n) is 11.2. The SMILES string of the molecule is CCCCCC/C=C/[C@H]1CCC[C@@H]1CCCCCCC(CO)OCC. The van der Waals surface area contributed by atoms with Crippen LogP contribution in [0.1, 0.15) is 104 Å². The van der Waals surface area contributed by atoms with Gasteiger partial charge < -0.3 is 9.84 Å². The van der Waals surface area contributed by atoms with E-state index in [0.717, 1.165) is 18.3 Å². The molecule has 0 radical (unpaired) electrons. The molecule has 2 heteroatoms. The van der Waals surface area contributed by atoms with E-state index in [1.54, 1.807) is 0 Å². The van der Waals surface area contributed by atoms with Gasteiger partial charge in [0.15, 0.2) is 0 Å². The molecule has 0 amide bonds. The zero-order chi connectivity index (χ0) is 18.2. The number of hydrogen-bond donors (Lipinski definition) is 1. The van der Waals surface area contributed by atoms with Crippen LogP contribution in [-0.2, 0) is 4.74 Å². The van der Waals surface area contributed by atoms with Gasteiger partial charge in [-0.25, -0.2) is 0 Å². The van der Waals surface area contributed by atoms with Crippen molar-refractivity contribution in [2.45, 2.75) is 110 Å². The van der Waals surface area contributed by atoms with Gasteiger partial charge in [-0.15, -0.1) is 0 Å². The summed E-state index contributed by atoms with van der Waals surface area (Å²) in [4.78, 5) is 0. The summed E-state index contributed by atoms with van der Waals surface area (Å²) in [7, 11) is 0. The van der Waals surface area contributed by atoms with Crippen molar-refractivity contribution in [1.29, 1.82) is 0 Å². The van der Waals surface area contributed by atoms with E-state index in [9.17, 15) is 5.11 Å². The Morgan fingerprint density at radius 2 is 1.80 bits per heavy atom. The average Bonchev–Trinajstić information content (AvgIpc) is 3.07. The number of rotatable bonds is 16. The summed E-state index contributed by atoms with van der Waals surface area (Å²) in [6, 6.07) is 0. The van der Waals surface area contributed by atoms with Gasteiger partial charge in [0.25, 0.3) is 0 Å². The molecular weight excluding hydrogens is 308 g/mol. The second kappa shape index (κ2) is 15.9. The fourth-order valence-electron chi connectivity index (χ4n) is 4.23. The number of allylic oxidation sites excluding steroid dienone is 2. The van der Waals surface area contributed by atoms with Gasteiger partial charge in [0.05, 0.1) is 12.7 Å². The molecule has 25 heavy (non-hydrogen) atoms. The highest BCUT2D eigenvalue weighted by molar-refractivity contribution is 4.94. The van der Waals surface area contributed by atoms with E-state index < -0.39 is 0 Å². The molecule has 1 aliphatic carbocycles. The van der Waals surface area contributed by atoms with Gasteiger partial charge >= 0.3 is 0 Å². The van der Waals surface area contributed by atoms with Crippen molar-refractivity contribution in [1.82, 2.24) is 0 Å². The molecule has 3 atom stereocenters. The molecule has 1 saturated carbocycles. The van der Waals surface area contributed by atoms with Crippen molar-refractivity contribution in [3.8, 4) is 0 Å². The molecule has 1 N–H and O–H groups in total. The molecular formula is C23H44O2. The summed E-state index contributed by atoms with van der Waals surface area (Å²) in [6.07, 6.45) is 23.8. The Kier molecular flexibility index (Phi) is 14.4. The lowest BCUT2D eigenvalue weighted by atomic mass is 9.90.